The van der Waals surface area contributed by atoms with Crippen molar-refractivity contribution in [1.29, 1.82) is 0 Å². The molecule has 0 fully saturated rings. The molecule has 136 valence electrons. The van der Waals surface area contributed by atoms with Gasteiger partial charge in [-0.3, -0.25) is 9.59 Å². The van der Waals surface area contributed by atoms with Crippen molar-refractivity contribution < 1.29 is 9.59 Å². The molecule has 9 heteroatoms. The highest BCUT2D eigenvalue weighted by molar-refractivity contribution is 8.01. The number of nitrogens with one attached hydrogen (secondary N) is 2. The van der Waals surface area contributed by atoms with Crippen molar-refractivity contribution >= 4 is 51.3 Å². The fourth-order valence-corrected chi connectivity index (χ4v) is 4.74. The van der Waals surface area contributed by atoms with Gasteiger partial charge in [0.05, 0.1) is 10.6 Å². The first-order chi connectivity index (χ1) is 11.7. The lowest BCUT2D eigenvalue weighted by atomic mass is 10.1. The molecule has 0 saturated heterocycles. The summed E-state index contributed by atoms with van der Waals surface area (Å²) in [7, 11) is 0. The summed E-state index contributed by atoms with van der Waals surface area (Å²) in [6.45, 7) is 8.27. The maximum atomic E-state index is 12.3. The molecule has 0 aliphatic rings. The van der Waals surface area contributed by atoms with Crippen LogP contribution >= 0.6 is 34.4 Å². The lowest BCUT2D eigenvalue weighted by molar-refractivity contribution is -0.118. The van der Waals surface area contributed by atoms with Crippen molar-refractivity contribution in [3.63, 3.8) is 0 Å². The van der Waals surface area contributed by atoms with E-state index in [0.29, 0.717) is 12.3 Å². The average molecular weight is 399 g/mol. The van der Waals surface area contributed by atoms with Gasteiger partial charge in [-0.2, -0.15) is 0 Å². The number of aromatic nitrogens is 2. The third kappa shape index (κ3) is 7.13. The van der Waals surface area contributed by atoms with Gasteiger partial charge in [0.2, 0.25) is 11.0 Å². The van der Waals surface area contributed by atoms with Crippen LogP contribution in [0.4, 0.5) is 5.13 Å². The van der Waals surface area contributed by atoms with Crippen LogP contribution in [0.25, 0.3) is 0 Å². The number of amides is 1. The molecule has 0 aromatic carbocycles. The van der Waals surface area contributed by atoms with E-state index in [9.17, 15) is 9.59 Å². The second-order valence-corrected chi connectivity index (χ2v) is 9.83. The second kappa shape index (κ2) is 8.77. The molecule has 2 N–H and O–H groups in total. The van der Waals surface area contributed by atoms with Crippen molar-refractivity contribution in [2.24, 2.45) is 0 Å². The Hall–Kier alpha value is -1.45. The molecule has 0 aliphatic carbocycles. The molecule has 0 atom stereocenters. The van der Waals surface area contributed by atoms with Crippen molar-refractivity contribution in [3.8, 4) is 0 Å². The molecule has 2 aromatic rings. The summed E-state index contributed by atoms with van der Waals surface area (Å²) < 4.78 is 0.780. The Bertz CT molecular complexity index is 734. The molecule has 0 radical (unpaired) electrons. The van der Waals surface area contributed by atoms with Crippen molar-refractivity contribution in [3.05, 3.63) is 21.9 Å². The van der Waals surface area contributed by atoms with Gasteiger partial charge in [0.25, 0.3) is 0 Å². The summed E-state index contributed by atoms with van der Waals surface area (Å²) in [5.74, 6) is 0.387. The molecule has 2 heterocycles. The van der Waals surface area contributed by atoms with Crippen LogP contribution in [-0.4, -0.2) is 39.7 Å². The number of anilines is 1. The van der Waals surface area contributed by atoms with E-state index in [1.807, 2.05) is 12.1 Å². The van der Waals surface area contributed by atoms with Crippen molar-refractivity contribution in [2.75, 3.05) is 17.6 Å². The first-order valence-corrected chi connectivity index (χ1v) is 10.5. The number of thiophene rings is 1. The second-order valence-electron chi connectivity index (χ2n) is 6.46. The quantitative estimate of drug-likeness (QED) is 0.523. The molecule has 1 amide bonds. The zero-order valence-corrected chi connectivity index (χ0v) is 17.2. The van der Waals surface area contributed by atoms with Gasteiger partial charge in [-0.25, -0.2) is 0 Å². The number of nitrogens with zero attached hydrogens (tertiary/aromatic N) is 2. The Morgan fingerprint density at radius 3 is 2.64 bits per heavy atom. The molecule has 0 unspecified atom stereocenters. The molecule has 0 saturated carbocycles. The zero-order chi connectivity index (χ0) is 18.4. The third-order valence-electron chi connectivity index (χ3n) is 2.90. The normalized spacial score (nSPS) is 11.4. The monoisotopic (exact) mass is 398 g/mol. The molecule has 25 heavy (non-hydrogen) atoms. The van der Waals surface area contributed by atoms with Gasteiger partial charge in [0, 0.05) is 23.9 Å². The molecular weight excluding hydrogens is 376 g/mol. The molecule has 0 bridgehead atoms. The van der Waals surface area contributed by atoms with Crippen molar-refractivity contribution in [2.45, 2.75) is 44.0 Å². The SMILES string of the molecule is CC(=O)NCCc1ccc(C(=O)CSc2nnc(NC(C)(C)C)s2)s1. The average Bonchev–Trinajstić information content (AvgIpc) is 3.12. The summed E-state index contributed by atoms with van der Waals surface area (Å²) in [6.07, 6.45) is 0.739. The highest BCUT2D eigenvalue weighted by atomic mass is 32.2. The smallest absolute Gasteiger partial charge is 0.216 e. The standard InChI is InChI=1S/C16H22N4O2S3/c1-10(21)17-8-7-11-5-6-13(24-11)12(22)9-23-15-20-19-14(25-15)18-16(2,3)4/h5-6H,7-9H2,1-4H3,(H,17,21)(H,18,19). The third-order valence-corrected chi connectivity index (χ3v) is 6.06. The number of thioether (sulfide) groups is 1. The predicted molar refractivity (Wildman–Crippen MR) is 105 cm³/mol. The predicted octanol–water partition coefficient (Wildman–Crippen LogP) is 3.46. The summed E-state index contributed by atoms with van der Waals surface area (Å²) in [5.41, 5.74) is -0.0676. The van der Waals surface area contributed by atoms with Crippen LogP contribution in [0.5, 0.6) is 0 Å². The maximum Gasteiger partial charge on any atom is 0.216 e. The number of rotatable bonds is 8. The molecular formula is C16H22N4O2S3. The van der Waals surface area contributed by atoms with Gasteiger partial charge >= 0.3 is 0 Å². The van der Waals surface area contributed by atoms with Gasteiger partial charge in [-0.05, 0) is 39.3 Å². The Morgan fingerprint density at radius 2 is 1.96 bits per heavy atom. The number of hydrogen-bond donors (Lipinski definition) is 2. The molecule has 0 spiro atoms. The first-order valence-electron chi connectivity index (χ1n) is 7.84. The van der Waals surface area contributed by atoms with E-state index >= 15 is 0 Å². The molecule has 2 aromatic heterocycles. The fraction of sp³-hybridized carbons (Fsp3) is 0.500. The summed E-state index contributed by atoms with van der Waals surface area (Å²) in [4.78, 5) is 25.0. The van der Waals surface area contributed by atoms with E-state index in [2.05, 4.69) is 41.6 Å². The van der Waals surface area contributed by atoms with E-state index < -0.39 is 0 Å². The van der Waals surface area contributed by atoms with Gasteiger partial charge in [-0.1, -0.05) is 23.1 Å². The van der Waals surface area contributed by atoms with Gasteiger partial charge in [-0.15, -0.1) is 21.5 Å². The van der Waals surface area contributed by atoms with Gasteiger partial charge in [0.1, 0.15) is 0 Å². The number of carbonyl (C=O) groups excluding carboxylic acids is 2. The highest BCUT2D eigenvalue weighted by Gasteiger charge is 2.15. The van der Waals surface area contributed by atoms with Gasteiger partial charge in [0.15, 0.2) is 10.1 Å². The van der Waals surface area contributed by atoms with Gasteiger partial charge < -0.3 is 10.6 Å². The van der Waals surface area contributed by atoms with Crippen LogP contribution in [0.1, 0.15) is 42.2 Å². The summed E-state index contributed by atoms with van der Waals surface area (Å²) >= 11 is 4.34. The summed E-state index contributed by atoms with van der Waals surface area (Å²) in [5, 5.41) is 15.0. The Kier molecular flexibility index (Phi) is 6.97. The Labute approximate surface area is 159 Å². The van der Waals surface area contributed by atoms with Crippen LogP contribution in [0.2, 0.25) is 0 Å². The summed E-state index contributed by atoms with van der Waals surface area (Å²) in [6, 6.07) is 3.80. The minimum atomic E-state index is -0.0676. The minimum absolute atomic E-state index is 0.0402. The van der Waals surface area contributed by atoms with E-state index in [-0.39, 0.29) is 17.2 Å². The van der Waals surface area contributed by atoms with Crippen LogP contribution < -0.4 is 10.6 Å². The minimum Gasteiger partial charge on any atom is -0.356 e. The number of ketones is 1. The Balaban J connectivity index is 1.82. The van der Waals surface area contributed by atoms with E-state index in [4.69, 9.17) is 0 Å². The lowest BCUT2D eigenvalue weighted by Gasteiger charge is -2.18. The molecule has 0 aliphatic heterocycles. The van der Waals surface area contributed by atoms with Crippen LogP contribution in [0, 0.1) is 0 Å². The lowest BCUT2D eigenvalue weighted by Crippen LogP contribution is -2.25. The number of carbonyl (C=O) groups is 2. The molecule has 6 nitrogen and oxygen atoms in total. The van der Waals surface area contributed by atoms with E-state index in [1.54, 1.807) is 0 Å². The van der Waals surface area contributed by atoms with E-state index in [0.717, 1.165) is 25.6 Å². The maximum absolute atomic E-state index is 12.3. The largest absolute Gasteiger partial charge is 0.356 e. The van der Waals surface area contributed by atoms with Crippen LogP contribution in [-0.2, 0) is 11.2 Å². The molecule has 2 rings (SSSR count). The highest BCUT2D eigenvalue weighted by Crippen LogP contribution is 2.28. The first kappa shape index (κ1) is 19.9. The Morgan fingerprint density at radius 1 is 1.20 bits per heavy atom. The van der Waals surface area contributed by atoms with Crippen molar-refractivity contribution in [1.82, 2.24) is 15.5 Å². The zero-order valence-electron chi connectivity index (χ0n) is 14.7. The van der Waals surface area contributed by atoms with Crippen LogP contribution in [0.3, 0.4) is 0 Å². The number of Topliss-reactive ketones (excluding diaryl/α,β-unsaturated/α-hetero) is 1. The topological polar surface area (TPSA) is 84.0 Å². The van der Waals surface area contributed by atoms with Crippen LogP contribution in [0.15, 0.2) is 16.5 Å². The fourth-order valence-electron chi connectivity index (χ4n) is 1.86. The number of hydrogen-bond acceptors (Lipinski definition) is 8. The van der Waals surface area contributed by atoms with E-state index in [1.165, 1.54) is 41.4 Å².